The van der Waals surface area contributed by atoms with Crippen molar-refractivity contribution in [2.75, 3.05) is 33.2 Å². The Hall–Kier alpha value is -2.65. The van der Waals surface area contributed by atoms with E-state index >= 15 is 0 Å². The molecule has 4 rings (SSSR count). The summed E-state index contributed by atoms with van der Waals surface area (Å²) in [6, 6.07) is 17.5. The van der Waals surface area contributed by atoms with Crippen molar-refractivity contribution < 1.29 is 0 Å². The molecule has 2 aromatic carbocycles. The summed E-state index contributed by atoms with van der Waals surface area (Å²) in [5, 5.41) is 2.68. The van der Waals surface area contributed by atoms with E-state index in [0.29, 0.717) is 0 Å². The maximum absolute atomic E-state index is 4.60. The van der Waals surface area contributed by atoms with Gasteiger partial charge in [0.1, 0.15) is 0 Å². The summed E-state index contributed by atoms with van der Waals surface area (Å²) in [5.41, 5.74) is 6.00. The zero-order valence-electron chi connectivity index (χ0n) is 16.3. The molecule has 2 heterocycles. The second kappa shape index (κ2) is 7.53. The van der Waals surface area contributed by atoms with Crippen LogP contribution in [-0.2, 0) is 6.42 Å². The average Bonchev–Trinajstić information content (AvgIpc) is 2.71. The zero-order valence-corrected chi connectivity index (χ0v) is 16.3. The summed E-state index contributed by atoms with van der Waals surface area (Å²) < 4.78 is 0. The third-order valence-corrected chi connectivity index (χ3v) is 5.63. The predicted octanol–water partition coefficient (Wildman–Crippen LogP) is 4.35. The van der Waals surface area contributed by atoms with Gasteiger partial charge in [-0.05, 0) is 60.0 Å². The Balaban J connectivity index is 1.59. The van der Waals surface area contributed by atoms with Crippen molar-refractivity contribution in [1.82, 2.24) is 14.8 Å². The number of hydrogen-bond acceptors (Lipinski definition) is 3. The van der Waals surface area contributed by atoms with Crippen LogP contribution < -0.4 is 0 Å². The lowest BCUT2D eigenvalue weighted by atomic mass is 9.96. The number of benzene rings is 2. The lowest BCUT2D eigenvalue weighted by Crippen LogP contribution is -2.43. The molecule has 0 unspecified atom stereocenters. The van der Waals surface area contributed by atoms with Crippen LogP contribution >= 0.6 is 0 Å². The van der Waals surface area contributed by atoms with E-state index in [1.165, 1.54) is 27.5 Å². The summed E-state index contributed by atoms with van der Waals surface area (Å²) in [5.74, 6) is 0. The summed E-state index contributed by atoms with van der Waals surface area (Å²) in [4.78, 5) is 9.31. The second-order valence-electron chi connectivity index (χ2n) is 7.55. The van der Waals surface area contributed by atoms with Gasteiger partial charge in [-0.25, -0.2) is 0 Å². The van der Waals surface area contributed by atoms with Crippen molar-refractivity contribution in [3.8, 4) is 0 Å². The molecule has 0 saturated carbocycles. The Bertz CT molecular complexity index is 968. The lowest BCUT2D eigenvalue weighted by Gasteiger charge is -2.34. The molecule has 1 fully saturated rings. The fourth-order valence-electron chi connectivity index (χ4n) is 3.87. The van der Waals surface area contributed by atoms with E-state index in [4.69, 9.17) is 0 Å². The molecule has 27 heavy (non-hydrogen) atoms. The number of rotatable bonds is 4. The van der Waals surface area contributed by atoms with Crippen molar-refractivity contribution in [1.29, 1.82) is 0 Å². The van der Waals surface area contributed by atoms with Gasteiger partial charge in [-0.1, -0.05) is 43.0 Å². The third-order valence-electron chi connectivity index (χ3n) is 5.63. The standard InChI is InChI=1S/C24H27N3/c1-18-8-9-21(23-7-5-4-6-22(18)23)16-20-10-11-25-24(17-20)19(2)27-14-12-26(3)13-15-27/h4-11,17H,2,12-16H2,1,3H3. The summed E-state index contributed by atoms with van der Waals surface area (Å²) in [6.07, 6.45) is 2.83. The first kappa shape index (κ1) is 17.7. The minimum absolute atomic E-state index is 0.909. The Labute approximate surface area is 161 Å². The Kier molecular flexibility index (Phi) is 4.95. The molecule has 0 aliphatic carbocycles. The molecule has 138 valence electrons. The number of aryl methyl sites for hydroxylation is 1. The monoisotopic (exact) mass is 357 g/mol. The number of hydrogen-bond donors (Lipinski definition) is 0. The molecule has 3 heteroatoms. The first-order valence-corrected chi connectivity index (χ1v) is 9.67. The molecule has 1 saturated heterocycles. The average molecular weight is 358 g/mol. The third kappa shape index (κ3) is 3.74. The van der Waals surface area contributed by atoms with E-state index in [0.717, 1.165) is 44.0 Å². The van der Waals surface area contributed by atoms with E-state index < -0.39 is 0 Å². The van der Waals surface area contributed by atoms with Gasteiger partial charge in [0.05, 0.1) is 11.4 Å². The molecular weight excluding hydrogens is 330 g/mol. The van der Waals surface area contributed by atoms with Crippen LogP contribution in [-0.4, -0.2) is 48.0 Å². The molecule has 0 atom stereocenters. The molecule has 0 radical (unpaired) electrons. The molecule has 0 spiro atoms. The number of likely N-dealkylation sites (N-methyl/N-ethyl adjacent to an activating group) is 1. The Morgan fingerprint density at radius 2 is 1.74 bits per heavy atom. The fourth-order valence-corrected chi connectivity index (χ4v) is 3.87. The van der Waals surface area contributed by atoms with Crippen LogP contribution in [0.25, 0.3) is 16.5 Å². The van der Waals surface area contributed by atoms with Gasteiger partial charge >= 0.3 is 0 Å². The highest BCUT2D eigenvalue weighted by Crippen LogP contribution is 2.25. The molecular formula is C24H27N3. The summed E-state index contributed by atoms with van der Waals surface area (Å²) in [6.45, 7) is 10.7. The smallest absolute Gasteiger partial charge is 0.0859 e. The molecule has 3 aromatic rings. The van der Waals surface area contributed by atoms with Crippen molar-refractivity contribution in [3.05, 3.63) is 83.7 Å². The zero-order chi connectivity index (χ0) is 18.8. The van der Waals surface area contributed by atoms with Gasteiger partial charge in [0.2, 0.25) is 0 Å². The van der Waals surface area contributed by atoms with Crippen LogP contribution in [0.1, 0.15) is 22.4 Å². The van der Waals surface area contributed by atoms with Crippen molar-refractivity contribution in [3.63, 3.8) is 0 Å². The maximum atomic E-state index is 4.60. The predicted molar refractivity (Wildman–Crippen MR) is 114 cm³/mol. The fraction of sp³-hybridized carbons (Fsp3) is 0.292. The van der Waals surface area contributed by atoms with Crippen molar-refractivity contribution >= 4 is 16.5 Å². The van der Waals surface area contributed by atoms with E-state index in [9.17, 15) is 0 Å². The Morgan fingerprint density at radius 1 is 1.00 bits per heavy atom. The van der Waals surface area contributed by atoms with Gasteiger partial charge in [0, 0.05) is 32.4 Å². The highest BCUT2D eigenvalue weighted by atomic mass is 15.3. The minimum Gasteiger partial charge on any atom is -0.368 e. The summed E-state index contributed by atoms with van der Waals surface area (Å²) >= 11 is 0. The molecule has 1 aliphatic rings. The van der Waals surface area contributed by atoms with Gasteiger partial charge in [-0.15, -0.1) is 0 Å². The lowest BCUT2D eigenvalue weighted by molar-refractivity contribution is 0.207. The van der Waals surface area contributed by atoms with Crippen LogP contribution in [0.3, 0.4) is 0 Å². The molecule has 0 amide bonds. The number of aromatic nitrogens is 1. The van der Waals surface area contributed by atoms with Gasteiger partial charge in [-0.2, -0.15) is 0 Å². The summed E-state index contributed by atoms with van der Waals surface area (Å²) in [7, 11) is 2.17. The largest absolute Gasteiger partial charge is 0.368 e. The van der Waals surface area contributed by atoms with Gasteiger partial charge in [0.15, 0.2) is 0 Å². The number of piperazine rings is 1. The normalized spacial score (nSPS) is 15.3. The molecule has 3 nitrogen and oxygen atoms in total. The topological polar surface area (TPSA) is 19.4 Å². The van der Waals surface area contributed by atoms with Gasteiger partial charge in [0.25, 0.3) is 0 Å². The highest BCUT2D eigenvalue weighted by Gasteiger charge is 2.17. The van der Waals surface area contributed by atoms with Crippen LogP contribution in [0.4, 0.5) is 0 Å². The molecule has 1 aromatic heterocycles. The second-order valence-corrected chi connectivity index (χ2v) is 7.55. The van der Waals surface area contributed by atoms with E-state index in [2.05, 4.69) is 83.9 Å². The quantitative estimate of drug-likeness (QED) is 0.692. The SMILES string of the molecule is C=C(c1cc(Cc2ccc(C)c3ccccc23)ccn1)N1CCN(C)CC1. The van der Waals surface area contributed by atoms with Gasteiger partial charge < -0.3 is 9.80 Å². The van der Waals surface area contributed by atoms with Crippen LogP contribution in [0.2, 0.25) is 0 Å². The van der Waals surface area contributed by atoms with Crippen molar-refractivity contribution in [2.24, 2.45) is 0 Å². The number of nitrogens with zero attached hydrogens (tertiary/aromatic N) is 3. The first-order chi connectivity index (χ1) is 13.1. The van der Waals surface area contributed by atoms with E-state index in [1.807, 2.05) is 6.20 Å². The Morgan fingerprint density at radius 3 is 2.52 bits per heavy atom. The van der Waals surface area contributed by atoms with Gasteiger partial charge in [-0.3, -0.25) is 4.98 Å². The highest BCUT2D eigenvalue weighted by molar-refractivity contribution is 5.88. The van der Waals surface area contributed by atoms with Crippen LogP contribution in [0.5, 0.6) is 0 Å². The van der Waals surface area contributed by atoms with Crippen molar-refractivity contribution in [2.45, 2.75) is 13.3 Å². The number of pyridine rings is 1. The van der Waals surface area contributed by atoms with Crippen LogP contribution in [0, 0.1) is 6.92 Å². The van der Waals surface area contributed by atoms with Crippen LogP contribution in [0.15, 0.2) is 61.3 Å². The number of fused-ring (bicyclic) bond motifs is 1. The first-order valence-electron chi connectivity index (χ1n) is 9.67. The minimum atomic E-state index is 0.909. The molecule has 0 N–H and O–H groups in total. The maximum Gasteiger partial charge on any atom is 0.0859 e. The van der Waals surface area contributed by atoms with E-state index in [1.54, 1.807) is 0 Å². The van der Waals surface area contributed by atoms with E-state index in [-0.39, 0.29) is 0 Å². The molecule has 1 aliphatic heterocycles. The molecule has 0 bridgehead atoms.